The molecule has 1 aromatic rings. The molecule has 1 aromatic carbocycles. The molecule has 1 unspecified atom stereocenters. The summed E-state index contributed by atoms with van der Waals surface area (Å²) in [6.07, 6.45) is 1.10. The molecule has 0 spiro atoms. The maximum atomic E-state index is 12.1. The number of nitrogens with zero attached hydrogens (tertiary/aromatic N) is 1. The minimum absolute atomic E-state index is 0.211. The standard InChI is InChI=1S/C15H22F2N2O/c1-3-8-19(13-9-18-10-13)11(2)12-4-6-14(7-5-12)20-15(16)17/h4-7,11,13,15,18H,3,8-10H2,1-2H3. The van der Waals surface area contributed by atoms with Gasteiger partial charge in [-0.3, -0.25) is 4.90 Å². The first-order chi connectivity index (χ1) is 9.61. The Kier molecular flexibility index (Phi) is 5.31. The Bertz CT molecular complexity index is 407. The fraction of sp³-hybridized carbons (Fsp3) is 0.600. The smallest absolute Gasteiger partial charge is 0.387 e. The van der Waals surface area contributed by atoms with E-state index in [1.807, 2.05) is 12.1 Å². The predicted molar refractivity (Wildman–Crippen MR) is 75.1 cm³/mol. The van der Waals surface area contributed by atoms with E-state index in [1.54, 1.807) is 12.1 Å². The SMILES string of the molecule is CCCN(C1CNC1)C(C)c1ccc(OC(F)F)cc1. The number of hydrogen-bond acceptors (Lipinski definition) is 3. The molecular weight excluding hydrogens is 262 g/mol. The van der Waals surface area contributed by atoms with E-state index >= 15 is 0 Å². The Labute approximate surface area is 118 Å². The van der Waals surface area contributed by atoms with Crippen molar-refractivity contribution in [2.75, 3.05) is 19.6 Å². The van der Waals surface area contributed by atoms with Gasteiger partial charge in [0.05, 0.1) is 0 Å². The van der Waals surface area contributed by atoms with Crippen molar-refractivity contribution in [2.45, 2.75) is 39.0 Å². The van der Waals surface area contributed by atoms with Crippen molar-refractivity contribution in [2.24, 2.45) is 0 Å². The highest BCUT2D eigenvalue weighted by Crippen LogP contribution is 2.26. The molecule has 0 bridgehead atoms. The molecule has 0 aromatic heterocycles. The van der Waals surface area contributed by atoms with Gasteiger partial charge < -0.3 is 10.1 Å². The summed E-state index contributed by atoms with van der Waals surface area (Å²) >= 11 is 0. The Morgan fingerprint density at radius 3 is 2.40 bits per heavy atom. The molecule has 2 rings (SSSR count). The van der Waals surface area contributed by atoms with Gasteiger partial charge in [-0.05, 0) is 37.6 Å². The van der Waals surface area contributed by atoms with Gasteiger partial charge in [0.15, 0.2) is 0 Å². The average Bonchev–Trinajstić information content (AvgIpc) is 2.35. The maximum absolute atomic E-state index is 12.1. The van der Waals surface area contributed by atoms with Crippen molar-refractivity contribution >= 4 is 0 Å². The van der Waals surface area contributed by atoms with E-state index in [2.05, 4.69) is 28.8 Å². The monoisotopic (exact) mass is 284 g/mol. The Morgan fingerprint density at radius 2 is 1.95 bits per heavy atom. The summed E-state index contributed by atoms with van der Waals surface area (Å²) in [6, 6.07) is 7.82. The van der Waals surface area contributed by atoms with Crippen LogP contribution in [0.25, 0.3) is 0 Å². The fourth-order valence-corrected chi connectivity index (χ4v) is 2.58. The summed E-state index contributed by atoms with van der Waals surface area (Å²) in [6.45, 7) is 4.66. The lowest BCUT2D eigenvalue weighted by molar-refractivity contribution is -0.0498. The molecule has 1 aliphatic heterocycles. The van der Waals surface area contributed by atoms with Crippen LogP contribution in [0.15, 0.2) is 24.3 Å². The Balaban J connectivity index is 2.04. The van der Waals surface area contributed by atoms with E-state index in [1.165, 1.54) is 0 Å². The van der Waals surface area contributed by atoms with Crippen molar-refractivity contribution in [3.63, 3.8) is 0 Å². The van der Waals surface area contributed by atoms with E-state index in [-0.39, 0.29) is 11.8 Å². The van der Waals surface area contributed by atoms with Gasteiger partial charge in [0, 0.05) is 25.2 Å². The highest BCUT2D eigenvalue weighted by atomic mass is 19.3. The van der Waals surface area contributed by atoms with Gasteiger partial charge in [0.2, 0.25) is 0 Å². The molecule has 20 heavy (non-hydrogen) atoms. The van der Waals surface area contributed by atoms with Crippen LogP contribution < -0.4 is 10.1 Å². The topological polar surface area (TPSA) is 24.5 Å². The van der Waals surface area contributed by atoms with Crippen molar-refractivity contribution in [1.29, 1.82) is 0 Å². The highest BCUT2D eigenvalue weighted by molar-refractivity contribution is 5.29. The van der Waals surface area contributed by atoms with Gasteiger partial charge >= 0.3 is 6.61 Å². The second-order valence-corrected chi connectivity index (χ2v) is 5.17. The number of rotatable bonds is 7. The van der Waals surface area contributed by atoms with E-state index in [4.69, 9.17) is 0 Å². The molecule has 1 aliphatic rings. The first kappa shape index (κ1) is 15.2. The first-order valence-corrected chi connectivity index (χ1v) is 7.13. The number of ether oxygens (including phenoxy) is 1. The molecule has 1 fully saturated rings. The molecule has 1 atom stereocenters. The Morgan fingerprint density at radius 1 is 1.30 bits per heavy atom. The zero-order valence-corrected chi connectivity index (χ0v) is 12.0. The third-order valence-corrected chi connectivity index (χ3v) is 3.80. The van der Waals surface area contributed by atoms with Crippen LogP contribution in [0.4, 0.5) is 8.78 Å². The second-order valence-electron chi connectivity index (χ2n) is 5.17. The number of hydrogen-bond donors (Lipinski definition) is 1. The highest BCUT2D eigenvalue weighted by Gasteiger charge is 2.28. The van der Waals surface area contributed by atoms with E-state index < -0.39 is 6.61 Å². The van der Waals surface area contributed by atoms with Crippen molar-refractivity contribution in [1.82, 2.24) is 10.2 Å². The van der Waals surface area contributed by atoms with Gasteiger partial charge in [0.25, 0.3) is 0 Å². The van der Waals surface area contributed by atoms with Crippen LogP contribution in [-0.2, 0) is 0 Å². The lowest BCUT2D eigenvalue weighted by Crippen LogP contribution is -2.57. The largest absolute Gasteiger partial charge is 0.435 e. The molecule has 0 aliphatic carbocycles. The molecular formula is C15H22F2N2O. The van der Waals surface area contributed by atoms with Crippen molar-refractivity contribution < 1.29 is 13.5 Å². The first-order valence-electron chi connectivity index (χ1n) is 7.13. The average molecular weight is 284 g/mol. The summed E-state index contributed by atoms with van der Waals surface area (Å²) in [7, 11) is 0. The minimum atomic E-state index is -2.77. The van der Waals surface area contributed by atoms with Crippen LogP contribution >= 0.6 is 0 Å². The molecule has 1 heterocycles. The van der Waals surface area contributed by atoms with Crippen LogP contribution in [0.1, 0.15) is 31.9 Å². The molecule has 0 amide bonds. The molecule has 0 radical (unpaired) electrons. The molecule has 112 valence electrons. The lowest BCUT2D eigenvalue weighted by atomic mass is 10.0. The molecule has 0 saturated carbocycles. The summed E-state index contributed by atoms with van der Waals surface area (Å²) < 4.78 is 28.6. The normalized spacial score (nSPS) is 17.3. The zero-order chi connectivity index (χ0) is 14.5. The molecule has 1 N–H and O–H groups in total. The van der Waals surface area contributed by atoms with E-state index in [9.17, 15) is 8.78 Å². The molecule has 5 heteroatoms. The minimum Gasteiger partial charge on any atom is -0.435 e. The summed E-state index contributed by atoms with van der Waals surface area (Å²) in [5.74, 6) is 0.211. The van der Waals surface area contributed by atoms with Gasteiger partial charge in [-0.2, -0.15) is 8.78 Å². The summed E-state index contributed by atoms with van der Waals surface area (Å²) in [4.78, 5) is 2.47. The number of benzene rings is 1. The van der Waals surface area contributed by atoms with Crippen LogP contribution in [0, 0.1) is 0 Å². The molecule has 1 saturated heterocycles. The van der Waals surface area contributed by atoms with Gasteiger partial charge in [-0.25, -0.2) is 0 Å². The van der Waals surface area contributed by atoms with Gasteiger partial charge in [-0.15, -0.1) is 0 Å². The fourth-order valence-electron chi connectivity index (χ4n) is 2.58. The van der Waals surface area contributed by atoms with E-state index in [0.29, 0.717) is 6.04 Å². The van der Waals surface area contributed by atoms with E-state index in [0.717, 1.165) is 31.6 Å². The van der Waals surface area contributed by atoms with Crippen molar-refractivity contribution in [3.8, 4) is 5.75 Å². The Hall–Kier alpha value is -1.20. The van der Waals surface area contributed by atoms with Crippen LogP contribution in [0.3, 0.4) is 0 Å². The van der Waals surface area contributed by atoms with Gasteiger partial charge in [-0.1, -0.05) is 19.1 Å². The second kappa shape index (κ2) is 6.99. The number of alkyl halides is 2. The predicted octanol–water partition coefficient (Wildman–Crippen LogP) is 3.03. The van der Waals surface area contributed by atoms with Crippen LogP contribution in [0.2, 0.25) is 0 Å². The summed E-state index contributed by atoms with van der Waals surface area (Å²) in [5, 5.41) is 3.29. The quantitative estimate of drug-likeness (QED) is 0.833. The third kappa shape index (κ3) is 3.67. The molecule has 3 nitrogen and oxygen atoms in total. The zero-order valence-electron chi connectivity index (χ0n) is 12.0. The van der Waals surface area contributed by atoms with Gasteiger partial charge in [0.1, 0.15) is 5.75 Å². The van der Waals surface area contributed by atoms with Crippen molar-refractivity contribution in [3.05, 3.63) is 29.8 Å². The maximum Gasteiger partial charge on any atom is 0.387 e. The lowest BCUT2D eigenvalue weighted by Gasteiger charge is -2.42. The summed E-state index contributed by atoms with van der Waals surface area (Å²) in [5.41, 5.74) is 1.13. The van der Waals surface area contributed by atoms with Crippen LogP contribution in [0.5, 0.6) is 5.75 Å². The van der Waals surface area contributed by atoms with Crippen LogP contribution in [-0.4, -0.2) is 37.2 Å². The third-order valence-electron chi connectivity index (χ3n) is 3.80. The number of halogens is 2. The number of nitrogens with one attached hydrogen (secondary N) is 1.